The molecule has 334 valence electrons. The van der Waals surface area contributed by atoms with Crippen molar-refractivity contribution >= 4 is 125 Å². The van der Waals surface area contributed by atoms with E-state index in [2.05, 4.69) is 228 Å². The largest absolute Gasteiger partial charge is 0.456 e. The Morgan fingerprint density at radius 3 is 1.87 bits per heavy atom. The summed E-state index contributed by atoms with van der Waals surface area (Å²) >= 11 is 1.82. The van der Waals surface area contributed by atoms with E-state index in [1.54, 1.807) is 0 Å². The fourth-order valence-electron chi connectivity index (χ4n) is 11.4. The first-order valence-electron chi connectivity index (χ1n) is 24.3. The summed E-state index contributed by atoms with van der Waals surface area (Å²) in [5, 5.41) is 11.9. The minimum atomic E-state index is 0.690. The van der Waals surface area contributed by atoms with E-state index in [4.69, 9.17) is 14.4 Å². The van der Waals surface area contributed by atoms with Crippen LogP contribution in [0.4, 0.5) is 0 Å². The third-order valence-corrected chi connectivity index (χ3v) is 15.9. The normalized spacial score (nSPS) is 14.7. The van der Waals surface area contributed by atoms with Gasteiger partial charge >= 0.3 is 0 Å². The number of hydrogen-bond donors (Lipinski definition) is 0. The van der Waals surface area contributed by atoms with Gasteiger partial charge in [0.15, 0.2) is 5.84 Å². The van der Waals surface area contributed by atoms with Crippen molar-refractivity contribution < 1.29 is 4.42 Å². The topological polar surface area (TPSA) is 47.7 Å². The van der Waals surface area contributed by atoms with Gasteiger partial charge < -0.3 is 13.6 Å². The molecule has 5 heterocycles. The number of furan rings is 1. The first-order valence-corrected chi connectivity index (χ1v) is 25.2. The SMILES string of the molecule is C/C1=C(/c2cc(-n3c4ccccc4c4cc5ccccc5cc43)cc3oc4ccccc4c23)N=C(c2ccc3c(c2)sc2ccccc23)N=C(c2ccc3c(c2)c2ccccc2n3-c2ccccc2)CC1. The molecule has 1 aliphatic rings. The van der Waals surface area contributed by atoms with Gasteiger partial charge in [0.1, 0.15) is 11.2 Å². The predicted molar refractivity (Wildman–Crippen MR) is 301 cm³/mol. The zero-order valence-corrected chi connectivity index (χ0v) is 39.5. The highest BCUT2D eigenvalue weighted by molar-refractivity contribution is 7.25. The van der Waals surface area contributed by atoms with Gasteiger partial charge in [-0.25, -0.2) is 9.98 Å². The number of fused-ring (bicyclic) bond motifs is 13. The van der Waals surface area contributed by atoms with Gasteiger partial charge in [-0.05, 0) is 114 Å². The molecule has 1 aliphatic heterocycles. The number of nitrogens with zero attached hydrogens (tertiary/aromatic N) is 4. The molecule has 0 bridgehead atoms. The zero-order valence-electron chi connectivity index (χ0n) is 38.7. The predicted octanol–water partition coefficient (Wildman–Crippen LogP) is 17.8. The highest BCUT2D eigenvalue weighted by Gasteiger charge is 2.24. The number of benzene rings is 10. The number of aliphatic imine (C=N–C) groups is 2. The molecule has 0 aliphatic carbocycles. The van der Waals surface area contributed by atoms with Crippen molar-refractivity contribution in [2.45, 2.75) is 19.8 Å². The molecule has 0 fully saturated rings. The van der Waals surface area contributed by atoms with Crippen LogP contribution in [0, 0.1) is 0 Å². The first-order chi connectivity index (χ1) is 35.1. The number of rotatable bonds is 5. The summed E-state index contributed by atoms with van der Waals surface area (Å²) in [5.41, 5.74) is 14.7. The Bertz CT molecular complexity index is 4650. The molecule has 71 heavy (non-hydrogen) atoms. The van der Waals surface area contributed by atoms with E-state index < -0.39 is 0 Å². The fraction of sp³-hybridized carbons (Fsp3) is 0.0462. The molecule has 4 aromatic heterocycles. The van der Waals surface area contributed by atoms with Gasteiger partial charge in [0, 0.05) is 75.4 Å². The Labute approximate surface area is 412 Å². The molecule has 15 rings (SSSR count). The number of para-hydroxylation sites is 4. The van der Waals surface area contributed by atoms with Crippen molar-refractivity contribution in [3.63, 3.8) is 0 Å². The van der Waals surface area contributed by atoms with Crippen molar-refractivity contribution in [2.75, 3.05) is 0 Å². The average molecular weight is 927 g/mol. The van der Waals surface area contributed by atoms with E-state index in [9.17, 15) is 0 Å². The minimum absolute atomic E-state index is 0.690. The zero-order chi connectivity index (χ0) is 46.7. The van der Waals surface area contributed by atoms with E-state index >= 15 is 0 Å². The maximum atomic E-state index is 6.85. The van der Waals surface area contributed by atoms with Gasteiger partial charge in [-0.1, -0.05) is 133 Å². The molecule has 14 aromatic rings. The minimum Gasteiger partial charge on any atom is -0.456 e. The number of amidine groups is 1. The summed E-state index contributed by atoms with van der Waals surface area (Å²) in [7, 11) is 0. The highest BCUT2D eigenvalue weighted by atomic mass is 32.1. The van der Waals surface area contributed by atoms with Crippen LogP contribution in [0.5, 0.6) is 0 Å². The van der Waals surface area contributed by atoms with Crippen LogP contribution in [0.25, 0.3) is 114 Å². The Kier molecular flexibility index (Phi) is 8.80. The van der Waals surface area contributed by atoms with Crippen LogP contribution in [0.2, 0.25) is 0 Å². The summed E-state index contributed by atoms with van der Waals surface area (Å²) in [6.07, 6.45) is 1.50. The van der Waals surface area contributed by atoms with Crippen LogP contribution in [-0.2, 0) is 0 Å². The van der Waals surface area contributed by atoms with Gasteiger partial charge in [-0.3, -0.25) is 0 Å². The lowest BCUT2D eigenvalue weighted by Crippen LogP contribution is -2.11. The molecule has 5 nitrogen and oxygen atoms in total. The molecule has 0 radical (unpaired) electrons. The second kappa shape index (κ2) is 15.6. The van der Waals surface area contributed by atoms with Gasteiger partial charge in [0.05, 0.1) is 39.2 Å². The van der Waals surface area contributed by atoms with E-state index in [1.807, 2.05) is 11.3 Å². The third-order valence-electron chi connectivity index (χ3n) is 14.8. The van der Waals surface area contributed by atoms with Crippen LogP contribution >= 0.6 is 11.3 Å². The molecule has 0 saturated carbocycles. The van der Waals surface area contributed by atoms with E-state index in [0.29, 0.717) is 5.84 Å². The Morgan fingerprint density at radius 2 is 1.06 bits per heavy atom. The second-order valence-electron chi connectivity index (χ2n) is 18.9. The molecule has 6 heteroatoms. The van der Waals surface area contributed by atoms with Crippen molar-refractivity contribution in [1.29, 1.82) is 0 Å². The highest BCUT2D eigenvalue weighted by Crippen LogP contribution is 2.43. The number of aromatic nitrogens is 2. The summed E-state index contributed by atoms with van der Waals surface area (Å²) < 4.78 is 14.1. The van der Waals surface area contributed by atoms with Gasteiger partial charge in [-0.15, -0.1) is 11.3 Å². The third kappa shape index (κ3) is 6.24. The smallest absolute Gasteiger partial charge is 0.160 e. The average Bonchev–Trinajstić information content (AvgIpc) is 4.17. The van der Waals surface area contributed by atoms with Crippen LogP contribution in [0.15, 0.2) is 232 Å². The summed E-state index contributed by atoms with van der Waals surface area (Å²) in [4.78, 5) is 11.5. The maximum absolute atomic E-state index is 6.85. The molecule has 0 saturated heterocycles. The van der Waals surface area contributed by atoms with Crippen LogP contribution in [-0.4, -0.2) is 20.7 Å². The quantitative estimate of drug-likeness (QED) is 0.170. The van der Waals surface area contributed by atoms with E-state index in [0.717, 1.165) is 85.3 Å². The van der Waals surface area contributed by atoms with Gasteiger partial charge in [0.25, 0.3) is 0 Å². The standard InChI is InChI=1S/C65H42N4OS/c1-39-27-31-54(42-29-32-57-51(34-42)46-19-7-11-23-55(46)68(57)44-17-3-2-4-18-44)66-65(43-28-30-49-48-21-10-14-26-61(48)71-62(49)36-43)67-64(39)53-37-45(38-60-63(53)50-22-9-13-25-59(50)70-60)69-56-24-12-8-20-47(56)52-33-40-15-5-6-16-41(40)35-58(52)69/h2-26,28-30,32-38H,27,31H2,1H3/b64-39+,66-54?,67-65?. The number of allylic oxidation sites excluding steroid dienone is 1. The van der Waals surface area contributed by atoms with Gasteiger partial charge in [-0.2, -0.15) is 0 Å². The maximum Gasteiger partial charge on any atom is 0.160 e. The molecule has 0 amide bonds. The molecule has 0 N–H and O–H groups in total. The lowest BCUT2D eigenvalue weighted by atomic mass is 9.95. The van der Waals surface area contributed by atoms with Crippen LogP contribution < -0.4 is 0 Å². The molecule has 0 atom stereocenters. The summed E-state index contributed by atoms with van der Waals surface area (Å²) in [6.45, 7) is 2.26. The molecular weight excluding hydrogens is 885 g/mol. The summed E-state index contributed by atoms with van der Waals surface area (Å²) in [6, 6.07) is 76.8. The summed E-state index contributed by atoms with van der Waals surface area (Å²) in [5.74, 6) is 0.690. The lowest BCUT2D eigenvalue weighted by molar-refractivity contribution is 0.668. The van der Waals surface area contributed by atoms with Crippen LogP contribution in [0.3, 0.4) is 0 Å². The monoisotopic (exact) mass is 926 g/mol. The lowest BCUT2D eigenvalue weighted by Gasteiger charge is -2.18. The first kappa shape index (κ1) is 40.1. The fourth-order valence-corrected chi connectivity index (χ4v) is 12.6. The molecular formula is C65H42N4OS. The number of thiophene rings is 1. The number of hydrogen-bond acceptors (Lipinski definition) is 4. The Morgan fingerprint density at radius 1 is 0.423 bits per heavy atom. The van der Waals surface area contributed by atoms with Crippen molar-refractivity contribution in [1.82, 2.24) is 9.13 Å². The molecule has 10 aromatic carbocycles. The van der Waals surface area contributed by atoms with Crippen molar-refractivity contribution in [2.24, 2.45) is 9.98 Å². The van der Waals surface area contributed by atoms with Crippen molar-refractivity contribution in [3.05, 3.63) is 235 Å². The van der Waals surface area contributed by atoms with Crippen molar-refractivity contribution in [3.8, 4) is 11.4 Å². The second-order valence-corrected chi connectivity index (χ2v) is 20.0. The van der Waals surface area contributed by atoms with E-state index in [1.165, 1.54) is 69.1 Å². The molecule has 0 unspecified atom stereocenters. The molecule has 0 spiro atoms. The van der Waals surface area contributed by atoms with E-state index in [-0.39, 0.29) is 0 Å². The van der Waals surface area contributed by atoms with Gasteiger partial charge in [0.2, 0.25) is 0 Å². The Hall–Kier alpha value is -8.84. The van der Waals surface area contributed by atoms with Crippen LogP contribution in [0.1, 0.15) is 36.5 Å². The Balaban J connectivity index is 0.979.